The van der Waals surface area contributed by atoms with Gasteiger partial charge < -0.3 is 30.1 Å². The van der Waals surface area contributed by atoms with Gasteiger partial charge in [0.2, 0.25) is 0 Å². The number of urea groups is 1. The van der Waals surface area contributed by atoms with Gasteiger partial charge in [0.15, 0.2) is 0 Å². The number of halogens is 3. The molecule has 1 aliphatic rings. The summed E-state index contributed by atoms with van der Waals surface area (Å²) in [7, 11) is -2.27. The highest BCUT2D eigenvalue weighted by Crippen LogP contribution is 2.31. The van der Waals surface area contributed by atoms with Gasteiger partial charge in [0, 0.05) is 44.0 Å². The average molecular weight is 741 g/mol. The lowest BCUT2D eigenvalue weighted by Crippen LogP contribution is -2.48. The number of anilines is 2. The average Bonchev–Trinajstić information content (AvgIpc) is 3.62. The summed E-state index contributed by atoms with van der Waals surface area (Å²) >= 11 is 1.12. The van der Waals surface area contributed by atoms with E-state index in [9.17, 15) is 36.3 Å². The van der Waals surface area contributed by atoms with Crippen molar-refractivity contribution in [2.24, 2.45) is 5.92 Å². The van der Waals surface area contributed by atoms with E-state index in [1.807, 2.05) is 13.8 Å². The molecule has 2 heterocycles. The number of nitrogens with zero attached hydrogens (tertiary/aromatic N) is 2. The predicted octanol–water partition coefficient (Wildman–Crippen LogP) is 6.53. The molecule has 0 saturated carbocycles. The van der Waals surface area contributed by atoms with E-state index in [1.165, 1.54) is 22.3 Å². The Morgan fingerprint density at radius 3 is 2.42 bits per heavy atom. The number of fused-ring (bicyclic) bond motifs is 1. The summed E-state index contributed by atoms with van der Waals surface area (Å²) in [6, 6.07) is 10.3. The molecule has 0 spiro atoms. The van der Waals surface area contributed by atoms with Crippen molar-refractivity contribution in [1.82, 2.24) is 9.21 Å². The first kappa shape index (κ1) is 39.1. The lowest BCUT2D eigenvalue weighted by atomic mass is 10.0. The zero-order valence-electron chi connectivity index (χ0n) is 28.3. The van der Waals surface area contributed by atoms with Crippen LogP contribution in [0.4, 0.5) is 29.3 Å². The number of aliphatic hydroxyl groups is 1. The first-order valence-electron chi connectivity index (χ1n) is 16.2. The third-order valence-electron chi connectivity index (χ3n) is 8.38. The fraction of sp³-hybridized carbons (Fsp3) is 0.471. The van der Waals surface area contributed by atoms with Gasteiger partial charge in [0.05, 0.1) is 36.0 Å². The van der Waals surface area contributed by atoms with Crippen molar-refractivity contribution in [2.45, 2.75) is 68.7 Å². The Kier molecular flexibility index (Phi) is 13.3. The number of alkyl halides is 3. The van der Waals surface area contributed by atoms with Crippen LogP contribution in [-0.4, -0.2) is 86.3 Å². The summed E-state index contributed by atoms with van der Waals surface area (Å²) in [5.74, 6) is -0.607. The van der Waals surface area contributed by atoms with Crippen molar-refractivity contribution >= 4 is 44.7 Å². The third kappa shape index (κ3) is 10.2. The normalized spacial score (nSPS) is 20.4. The number of thiophene rings is 1. The molecule has 3 amide bonds. The molecule has 274 valence electrons. The minimum atomic E-state index is -4.52. The molecule has 1 aromatic heterocycles. The van der Waals surface area contributed by atoms with Crippen LogP contribution >= 0.6 is 11.3 Å². The van der Waals surface area contributed by atoms with Crippen molar-refractivity contribution in [3.63, 3.8) is 0 Å². The van der Waals surface area contributed by atoms with E-state index in [-0.39, 0.29) is 58.6 Å². The number of amides is 3. The number of hydrogen-bond donors (Lipinski definition) is 3. The number of sulfonamides is 1. The van der Waals surface area contributed by atoms with Gasteiger partial charge in [-0.2, -0.15) is 17.5 Å². The number of aliphatic hydroxyl groups excluding tert-OH is 1. The van der Waals surface area contributed by atoms with Gasteiger partial charge in [-0.1, -0.05) is 13.0 Å². The summed E-state index contributed by atoms with van der Waals surface area (Å²) in [4.78, 5) is 28.6. The zero-order chi connectivity index (χ0) is 36.6. The lowest BCUT2D eigenvalue weighted by Gasteiger charge is -2.35. The maximum atomic E-state index is 14.3. The maximum Gasteiger partial charge on any atom is 0.416 e. The van der Waals surface area contributed by atoms with Gasteiger partial charge in [-0.15, -0.1) is 11.3 Å². The Bertz CT molecular complexity index is 1690. The molecule has 3 aromatic rings. The van der Waals surface area contributed by atoms with Crippen LogP contribution in [-0.2, 0) is 20.9 Å². The minimum absolute atomic E-state index is 0.0369. The maximum absolute atomic E-state index is 14.3. The van der Waals surface area contributed by atoms with Crippen LogP contribution in [0.3, 0.4) is 0 Å². The number of carbonyl (C=O) groups excluding carboxylic acids is 2. The van der Waals surface area contributed by atoms with Crippen LogP contribution < -0.4 is 15.4 Å². The molecule has 0 saturated heterocycles. The van der Waals surface area contributed by atoms with E-state index in [4.69, 9.17) is 9.47 Å². The molecule has 50 heavy (non-hydrogen) atoms. The number of hydrogen-bond acceptors (Lipinski definition) is 8. The third-order valence-corrected chi connectivity index (χ3v) is 11.6. The second kappa shape index (κ2) is 17.0. The smallest absolute Gasteiger partial charge is 0.416 e. The molecule has 3 N–H and O–H groups in total. The molecule has 0 aliphatic carbocycles. The molecule has 11 nitrogen and oxygen atoms in total. The quantitative estimate of drug-likeness (QED) is 0.239. The fourth-order valence-electron chi connectivity index (χ4n) is 5.41. The van der Waals surface area contributed by atoms with Crippen molar-refractivity contribution in [1.29, 1.82) is 0 Å². The highest BCUT2D eigenvalue weighted by atomic mass is 32.2. The largest absolute Gasteiger partial charge is 0.490 e. The second-order valence-electron chi connectivity index (χ2n) is 12.4. The minimum Gasteiger partial charge on any atom is -0.490 e. The van der Waals surface area contributed by atoms with Gasteiger partial charge in [-0.25, -0.2) is 13.2 Å². The molecular weight excluding hydrogens is 698 g/mol. The van der Waals surface area contributed by atoms with Crippen molar-refractivity contribution in [3.05, 3.63) is 71.1 Å². The van der Waals surface area contributed by atoms with Gasteiger partial charge in [0.1, 0.15) is 9.96 Å². The van der Waals surface area contributed by atoms with Crippen LogP contribution in [0.25, 0.3) is 0 Å². The van der Waals surface area contributed by atoms with Crippen molar-refractivity contribution in [3.8, 4) is 5.75 Å². The first-order valence-corrected chi connectivity index (χ1v) is 18.5. The molecule has 1 aliphatic heterocycles. The molecule has 0 fully saturated rings. The predicted molar refractivity (Wildman–Crippen MR) is 185 cm³/mol. The Hall–Kier alpha value is -3.70. The van der Waals surface area contributed by atoms with Crippen LogP contribution in [0, 0.1) is 5.92 Å². The fourth-order valence-corrected chi connectivity index (χ4v) is 7.80. The Morgan fingerprint density at radius 1 is 1.10 bits per heavy atom. The van der Waals surface area contributed by atoms with E-state index in [1.54, 1.807) is 36.6 Å². The lowest BCUT2D eigenvalue weighted by molar-refractivity contribution is -0.137. The highest BCUT2D eigenvalue weighted by Gasteiger charge is 2.33. The standard InChI is InChI=1S/C34H43F3N4O7S2/c1-22-19-41(23(2)21-42)32(43)28-18-27(39-33(44)38-26-12-10-25(11-13-26)34(35,36)37)14-15-29(28)48-24(3)8-5-6-16-47-30(22)20-40(4)50(45,46)31-9-7-17-49-31/h7,9-15,17-18,22-24,30,42H,5-6,8,16,19-21H2,1-4H3,(H2,38,39,44)/t22-,23+,24+,30+/m1/s1. The molecule has 0 radical (unpaired) electrons. The zero-order valence-corrected chi connectivity index (χ0v) is 29.9. The Labute approximate surface area is 294 Å². The molecule has 16 heteroatoms. The topological polar surface area (TPSA) is 138 Å². The molecule has 0 unspecified atom stereocenters. The summed E-state index contributed by atoms with van der Waals surface area (Å²) in [5, 5.41) is 17.0. The Balaban J connectivity index is 1.60. The molecular formula is C34H43F3N4O7S2. The molecule has 4 rings (SSSR count). The van der Waals surface area contributed by atoms with E-state index in [2.05, 4.69) is 10.6 Å². The van der Waals surface area contributed by atoms with E-state index in [0.29, 0.717) is 19.4 Å². The number of likely N-dealkylation sites (N-methyl/N-ethyl adjacent to an activating group) is 1. The van der Waals surface area contributed by atoms with E-state index in [0.717, 1.165) is 42.0 Å². The number of ether oxygens (including phenoxy) is 2. The molecule has 4 atom stereocenters. The summed E-state index contributed by atoms with van der Waals surface area (Å²) < 4.78 is 79.2. The monoisotopic (exact) mass is 740 g/mol. The van der Waals surface area contributed by atoms with E-state index < -0.39 is 45.8 Å². The van der Waals surface area contributed by atoms with Gasteiger partial charge >= 0.3 is 12.2 Å². The molecule has 0 bridgehead atoms. The number of benzene rings is 2. The first-order chi connectivity index (χ1) is 23.6. The summed E-state index contributed by atoms with van der Waals surface area (Å²) in [6.07, 6.45) is -3.34. The van der Waals surface area contributed by atoms with Crippen LogP contribution in [0.2, 0.25) is 0 Å². The van der Waals surface area contributed by atoms with Crippen LogP contribution in [0.1, 0.15) is 56.0 Å². The molecule has 2 aromatic carbocycles. The highest BCUT2D eigenvalue weighted by molar-refractivity contribution is 7.91. The number of nitrogens with one attached hydrogen (secondary N) is 2. The van der Waals surface area contributed by atoms with Gasteiger partial charge in [-0.05, 0) is 87.0 Å². The summed E-state index contributed by atoms with van der Waals surface area (Å²) in [5.41, 5.74) is -0.398. The van der Waals surface area contributed by atoms with Crippen LogP contribution in [0.15, 0.2) is 64.2 Å². The number of carbonyl (C=O) groups is 2. The van der Waals surface area contributed by atoms with Gasteiger partial charge in [-0.3, -0.25) is 4.79 Å². The van der Waals surface area contributed by atoms with Crippen molar-refractivity contribution in [2.75, 3.05) is 44.0 Å². The van der Waals surface area contributed by atoms with Gasteiger partial charge in [0.25, 0.3) is 15.9 Å². The number of rotatable bonds is 8. The SMILES string of the molecule is C[C@@H]1CN([C@@H](C)CO)C(=O)c2cc(NC(=O)Nc3ccc(C(F)(F)F)cc3)ccc2O[C@@H](C)CCCCO[C@H]1CN(C)S(=O)(=O)c1cccs1. The second-order valence-corrected chi connectivity index (χ2v) is 15.6. The Morgan fingerprint density at radius 2 is 1.78 bits per heavy atom. The van der Waals surface area contributed by atoms with Crippen molar-refractivity contribution < 1.29 is 45.8 Å². The summed E-state index contributed by atoms with van der Waals surface area (Å²) in [6.45, 7) is 5.55. The van der Waals surface area contributed by atoms with Crippen LogP contribution in [0.5, 0.6) is 5.75 Å². The van der Waals surface area contributed by atoms with E-state index >= 15 is 0 Å².